The van der Waals surface area contributed by atoms with Gasteiger partial charge in [-0.05, 0) is 43.2 Å². The summed E-state index contributed by atoms with van der Waals surface area (Å²) in [6.45, 7) is 3.76. The first-order valence-corrected chi connectivity index (χ1v) is 7.39. The monoisotopic (exact) mass is 319 g/mol. The first kappa shape index (κ1) is 17.1. The lowest BCUT2D eigenvalue weighted by Crippen LogP contribution is -2.19. The van der Waals surface area contributed by atoms with Gasteiger partial charge in [0.05, 0.1) is 13.0 Å². The SMILES string of the molecule is CCOC(=O)CC(N)c1cc(C)cc(-c2ccc(F)cc2)c1F. The minimum absolute atomic E-state index is 0.100. The van der Waals surface area contributed by atoms with Gasteiger partial charge in [0.2, 0.25) is 0 Å². The molecule has 1 unspecified atom stereocenters. The van der Waals surface area contributed by atoms with Gasteiger partial charge in [0, 0.05) is 17.2 Å². The minimum atomic E-state index is -0.798. The third kappa shape index (κ3) is 4.13. The summed E-state index contributed by atoms with van der Waals surface area (Å²) in [7, 11) is 0. The Balaban J connectivity index is 2.38. The van der Waals surface area contributed by atoms with E-state index in [-0.39, 0.29) is 24.4 Å². The Hall–Kier alpha value is -2.27. The molecular formula is C18H19F2NO2. The van der Waals surface area contributed by atoms with Gasteiger partial charge in [-0.15, -0.1) is 0 Å². The summed E-state index contributed by atoms with van der Waals surface area (Å²) in [5.74, 6) is -1.36. The molecule has 0 aliphatic rings. The van der Waals surface area contributed by atoms with Crippen molar-refractivity contribution in [2.45, 2.75) is 26.3 Å². The zero-order valence-corrected chi connectivity index (χ0v) is 13.1. The van der Waals surface area contributed by atoms with Crippen LogP contribution in [-0.4, -0.2) is 12.6 Å². The number of hydrogen-bond donors (Lipinski definition) is 1. The van der Waals surface area contributed by atoms with Crippen LogP contribution in [0.5, 0.6) is 0 Å². The normalized spacial score (nSPS) is 12.0. The Labute approximate surface area is 134 Å². The number of carbonyl (C=O) groups excluding carboxylic acids is 1. The zero-order chi connectivity index (χ0) is 17.0. The molecule has 0 saturated carbocycles. The molecule has 122 valence electrons. The molecule has 2 aromatic carbocycles. The Morgan fingerprint density at radius 2 is 1.87 bits per heavy atom. The van der Waals surface area contributed by atoms with Crippen molar-refractivity contribution in [1.29, 1.82) is 0 Å². The van der Waals surface area contributed by atoms with Crippen LogP contribution in [0, 0.1) is 18.6 Å². The Kier molecular flexibility index (Phi) is 5.45. The van der Waals surface area contributed by atoms with E-state index < -0.39 is 17.8 Å². The van der Waals surface area contributed by atoms with E-state index in [9.17, 15) is 13.6 Å². The molecule has 2 aromatic rings. The molecule has 1 atom stereocenters. The van der Waals surface area contributed by atoms with Crippen molar-refractivity contribution in [3.8, 4) is 11.1 Å². The molecule has 5 heteroatoms. The van der Waals surface area contributed by atoms with E-state index in [1.165, 1.54) is 24.3 Å². The van der Waals surface area contributed by atoms with Gasteiger partial charge in [0.25, 0.3) is 0 Å². The maximum atomic E-state index is 14.8. The lowest BCUT2D eigenvalue weighted by atomic mass is 9.95. The quantitative estimate of drug-likeness (QED) is 0.851. The molecule has 0 radical (unpaired) electrons. The van der Waals surface area contributed by atoms with E-state index >= 15 is 0 Å². The van der Waals surface area contributed by atoms with Crippen LogP contribution in [-0.2, 0) is 9.53 Å². The van der Waals surface area contributed by atoms with Gasteiger partial charge < -0.3 is 10.5 Å². The highest BCUT2D eigenvalue weighted by Crippen LogP contribution is 2.30. The number of esters is 1. The second-order valence-electron chi connectivity index (χ2n) is 5.34. The molecule has 0 spiro atoms. The molecular weight excluding hydrogens is 300 g/mol. The van der Waals surface area contributed by atoms with E-state index in [4.69, 9.17) is 10.5 Å². The summed E-state index contributed by atoms with van der Waals surface area (Å²) < 4.78 is 32.7. The number of hydrogen-bond acceptors (Lipinski definition) is 3. The van der Waals surface area contributed by atoms with Crippen molar-refractivity contribution in [2.75, 3.05) is 6.61 Å². The van der Waals surface area contributed by atoms with Gasteiger partial charge in [0.1, 0.15) is 11.6 Å². The lowest BCUT2D eigenvalue weighted by molar-refractivity contribution is -0.143. The Morgan fingerprint density at radius 1 is 1.22 bits per heavy atom. The number of aryl methyl sites for hydroxylation is 1. The highest BCUT2D eigenvalue weighted by atomic mass is 19.1. The fraction of sp³-hybridized carbons (Fsp3) is 0.278. The van der Waals surface area contributed by atoms with Gasteiger partial charge in [-0.3, -0.25) is 4.79 Å². The molecule has 0 amide bonds. The van der Waals surface area contributed by atoms with Crippen LogP contribution in [0.15, 0.2) is 36.4 Å². The van der Waals surface area contributed by atoms with Crippen LogP contribution < -0.4 is 5.73 Å². The summed E-state index contributed by atoms with van der Waals surface area (Å²) in [6.07, 6.45) is -0.100. The molecule has 0 aliphatic carbocycles. The van der Waals surface area contributed by atoms with E-state index in [1.54, 1.807) is 19.1 Å². The number of rotatable bonds is 5. The molecule has 2 N–H and O–H groups in total. The van der Waals surface area contributed by atoms with E-state index in [1.807, 2.05) is 6.92 Å². The highest BCUT2D eigenvalue weighted by Gasteiger charge is 2.19. The van der Waals surface area contributed by atoms with Crippen molar-refractivity contribution < 1.29 is 18.3 Å². The molecule has 0 heterocycles. The molecule has 0 aliphatic heterocycles. The minimum Gasteiger partial charge on any atom is -0.466 e. The molecule has 0 aromatic heterocycles. The molecule has 0 fully saturated rings. The summed E-state index contributed by atoms with van der Waals surface area (Å²) in [4.78, 5) is 11.5. The van der Waals surface area contributed by atoms with Gasteiger partial charge in [-0.25, -0.2) is 8.78 Å². The van der Waals surface area contributed by atoms with Crippen LogP contribution >= 0.6 is 0 Å². The number of nitrogens with two attached hydrogens (primary N) is 1. The summed E-state index contributed by atoms with van der Waals surface area (Å²) in [5.41, 5.74) is 7.90. The first-order valence-electron chi connectivity index (χ1n) is 7.39. The average Bonchev–Trinajstić information content (AvgIpc) is 2.50. The molecule has 23 heavy (non-hydrogen) atoms. The number of ether oxygens (including phenoxy) is 1. The topological polar surface area (TPSA) is 52.3 Å². The van der Waals surface area contributed by atoms with Gasteiger partial charge in [0.15, 0.2) is 0 Å². The molecule has 0 bridgehead atoms. The van der Waals surface area contributed by atoms with Gasteiger partial charge >= 0.3 is 5.97 Å². The maximum Gasteiger partial charge on any atom is 0.307 e. The van der Waals surface area contributed by atoms with Crippen LogP contribution in [0.3, 0.4) is 0 Å². The van der Waals surface area contributed by atoms with Crippen molar-refractivity contribution in [2.24, 2.45) is 5.73 Å². The van der Waals surface area contributed by atoms with Crippen LogP contribution in [0.4, 0.5) is 8.78 Å². The molecule has 2 rings (SSSR count). The van der Waals surface area contributed by atoms with Crippen molar-refractivity contribution in [3.63, 3.8) is 0 Å². The lowest BCUT2D eigenvalue weighted by Gasteiger charge is -2.16. The molecule has 0 saturated heterocycles. The average molecular weight is 319 g/mol. The summed E-state index contributed by atoms with van der Waals surface area (Å²) in [5, 5.41) is 0. The third-order valence-electron chi connectivity index (χ3n) is 3.49. The van der Waals surface area contributed by atoms with Crippen molar-refractivity contribution in [3.05, 3.63) is 59.2 Å². The van der Waals surface area contributed by atoms with Crippen LogP contribution in [0.2, 0.25) is 0 Å². The predicted octanol–water partition coefficient (Wildman–Crippen LogP) is 3.89. The largest absolute Gasteiger partial charge is 0.466 e. The Bertz CT molecular complexity index is 699. The number of benzene rings is 2. The highest BCUT2D eigenvalue weighted by molar-refractivity contribution is 5.71. The second kappa shape index (κ2) is 7.33. The standard InChI is InChI=1S/C18H19F2NO2/c1-3-23-17(22)10-16(21)15-9-11(2)8-14(18(15)20)12-4-6-13(19)7-5-12/h4-9,16H,3,10,21H2,1-2H3. The fourth-order valence-electron chi connectivity index (χ4n) is 2.42. The van der Waals surface area contributed by atoms with Gasteiger partial charge in [-0.1, -0.05) is 18.2 Å². The number of carbonyl (C=O) groups is 1. The van der Waals surface area contributed by atoms with Gasteiger partial charge in [-0.2, -0.15) is 0 Å². The maximum absolute atomic E-state index is 14.8. The summed E-state index contributed by atoms with van der Waals surface area (Å²) in [6, 6.07) is 8.05. The van der Waals surface area contributed by atoms with Crippen LogP contribution in [0.1, 0.15) is 30.5 Å². The number of halogens is 2. The van der Waals surface area contributed by atoms with Crippen molar-refractivity contribution in [1.82, 2.24) is 0 Å². The summed E-state index contributed by atoms with van der Waals surface area (Å²) >= 11 is 0. The Morgan fingerprint density at radius 3 is 2.48 bits per heavy atom. The smallest absolute Gasteiger partial charge is 0.307 e. The predicted molar refractivity (Wildman–Crippen MR) is 84.7 cm³/mol. The zero-order valence-electron chi connectivity index (χ0n) is 13.1. The van der Waals surface area contributed by atoms with E-state index in [2.05, 4.69) is 0 Å². The third-order valence-corrected chi connectivity index (χ3v) is 3.49. The second-order valence-corrected chi connectivity index (χ2v) is 5.34. The van der Waals surface area contributed by atoms with Crippen LogP contribution in [0.25, 0.3) is 11.1 Å². The van der Waals surface area contributed by atoms with Crippen molar-refractivity contribution >= 4 is 5.97 Å². The van der Waals surface area contributed by atoms with E-state index in [0.29, 0.717) is 11.1 Å². The molecule has 3 nitrogen and oxygen atoms in total. The first-order chi connectivity index (χ1) is 10.9. The van der Waals surface area contributed by atoms with E-state index in [0.717, 1.165) is 5.56 Å². The fourth-order valence-corrected chi connectivity index (χ4v) is 2.42.